The van der Waals surface area contributed by atoms with Crippen molar-refractivity contribution in [2.75, 3.05) is 28.1 Å². The number of hydrogen-bond donors (Lipinski definition) is 3. The number of esters is 2. The molecule has 326 valence electrons. The predicted molar refractivity (Wildman–Crippen MR) is 214 cm³/mol. The number of fused-ring (bicyclic) bond motifs is 7. The molecule has 3 fully saturated rings. The van der Waals surface area contributed by atoms with Gasteiger partial charge in [0.25, 0.3) is 0 Å². The van der Waals surface area contributed by atoms with Crippen LogP contribution in [-0.4, -0.2) is 109 Å². The Kier molecular flexibility index (Phi) is 14.1. The van der Waals surface area contributed by atoms with Crippen LogP contribution in [0.5, 0.6) is 23.0 Å². The van der Waals surface area contributed by atoms with Crippen LogP contribution in [0.3, 0.4) is 0 Å². The van der Waals surface area contributed by atoms with Crippen LogP contribution in [0.4, 0.5) is 0 Å². The fourth-order valence-corrected chi connectivity index (χ4v) is 8.21. The van der Waals surface area contributed by atoms with Gasteiger partial charge in [0.15, 0.2) is 24.1 Å². The largest absolute Gasteiger partial charge is 0.507 e. The van der Waals surface area contributed by atoms with Crippen LogP contribution in [-0.2, 0) is 33.3 Å². The molecule has 0 radical (unpaired) electrons. The number of phenolic OH excluding ortho intramolecular Hbond substituents is 1. The van der Waals surface area contributed by atoms with E-state index in [4.69, 9.17) is 37.9 Å². The SMILES string of the molecule is COCOc1cc(OC)cc2c1C(=O)O[C@@H](C)C/C=C\C(=O)[C@H]1OC(C)(C)O[C@H]1CC1CC21.COc1cc(O)c2c(c1)C1CC1C[C@H](O)[C@H](O)C(=O)/C=C\C[C@H](C)OC2=O. The van der Waals surface area contributed by atoms with Crippen molar-refractivity contribution in [3.63, 3.8) is 0 Å². The van der Waals surface area contributed by atoms with Gasteiger partial charge in [0.1, 0.15) is 58.5 Å². The van der Waals surface area contributed by atoms with E-state index < -0.39 is 54.0 Å². The molecule has 2 saturated carbocycles. The van der Waals surface area contributed by atoms with Gasteiger partial charge in [-0.15, -0.1) is 0 Å². The third-order valence-corrected chi connectivity index (χ3v) is 11.4. The second-order valence-corrected chi connectivity index (χ2v) is 16.5. The Morgan fingerprint density at radius 2 is 1.27 bits per heavy atom. The monoisotopic (exact) mass is 836 g/mol. The standard InChI is InChI=1S/C25H32O8.C20H24O7/c1-14-7-6-8-19(26)23-21(32-25(2,3)33-23)10-15-9-17(15)18-11-16(29-5)12-20(30-13-28-4)22(18)24(27)31-14;1-10-4-3-5-15(21)19(24)17(23)7-11-6-13(11)14-8-12(26-2)9-16(22)18(14)20(25)27-10/h6,8,11-12,14-15,17,21,23H,7,9-10,13H2,1-5H3;3,5,8-11,13,17,19,22-24H,4,6-7H2,1-2H3/b8-6-;5-3-/t14-,15?,17?,21-,23+;10-,11?,13?,17-,19+/m00/s1. The number of cyclic esters (lactones) is 2. The lowest BCUT2D eigenvalue weighted by Gasteiger charge is -2.20. The number of rotatable bonds is 5. The Morgan fingerprint density at radius 3 is 1.87 bits per heavy atom. The van der Waals surface area contributed by atoms with Crippen LogP contribution in [0.15, 0.2) is 48.6 Å². The van der Waals surface area contributed by atoms with Gasteiger partial charge in [-0.1, -0.05) is 12.2 Å². The summed E-state index contributed by atoms with van der Waals surface area (Å²) >= 11 is 0. The first-order valence-electron chi connectivity index (χ1n) is 20.3. The highest BCUT2D eigenvalue weighted by atomic mass is 16.8. The van der Waals surface area contributed by atoms with Crippen molar-refractivity contribution in [1.82, 2.24) is 0 Å². The smallest absolute Gasteiger partial charge is 0.342 e. The van der Waals surface area contributed by atoms with E-state index in [1.165, 1.54) is 38.5 Å². The van der Waals surface area contributed by atoms with E-state index in [1.807, 2.05) is 19.9 Å². The van der Waals surface area contributed by atoms with Crippen molar-refractivity contribution in [2.24, 2.45) is 11.8 Å². The number of ketones is 2. The molecule has 15 nitrogen and oxygen atoms in total. The number of aliphatic hydroxyl groups is 2. The third kappa shape index (κ3) is 10.6. The Labute approximate surface area is 349 Å². The lowest BCUT2D eigenvalue weighted by atomic mass is 9.96. The lowest BCUT2D eigenvalue weighted by molar-refractivity contribution is -0.153. The maximum atomic E-state index is 13.2. The van der Waals surface area contributed by atoms with Crippen LogP contribution in [0, 0.1) is 11.8 Å². The number of aliphatic hydroxyl groups excluding tert-OH is 2. The number of ether oxygens (including phenoxy) is 8. The van der Waals surface area contributed by atoms with Crippen molar-refractivity contribution < 1.29 is 72.4 Å². The second kappa shape index (κ2) is 18.9. The number of hydrogen-bond acceptors (Lipinski definition) is 15. The number of carbonyl (C=O) groups excluding carboxylic acids is 4. The van der Waals surface area contributed by atoms with E-state index >= 15 is 0 Å². The Morgan fingerprint density at radius 1 is 0.717 bits per heavy atom. The summed E-state index contributed by atoms with van der Waals surface area (Å²) in [5.41, 5.74) is 1.90. The van der Waals surface area contributed by atoms with Crippen molar-refractivity contribution in [3.05, 3.63) is 70.8 Å². The summed E-state index contributed by atoms with van der Waals surface area (Å²) in [6, 6.07) is 6.60. The molecule has 5 aliphatic rings. The molecule has 7 rings (SSSR count). The minimum atomic E-state index is -1.48. The number of benzene rings is 2. The summed E-state index contributed by atoms with van der Waals surface area (Å²) < 4.78 is 44.6. The molecule has 1 saturated heterocycles. The van der Waals surface area contributed by atoms with Gasteiger partial charge in [0.2, 0.25) is 0 Å². The summed E-state index contributed by atoms with van der Waals surface area (Å²) in [7, 11) is 4.56. The summed E-state index contributed by atoms with van der Waals surface area (Å²) in [6.45, 7) is 7.10. The molecule has 0 aromatic heterocycles. The molecule has 0 amide bonds. The molecule has 4 unspecified atom stereocenters. The molecule has 15 heteroatoms. The number of phenols is 1. The van der Waals surface area contributed by atoms with Gasteiger partial charge in [0.05, 0.1) is 26.4 Å². The molecule has 60 heavy (non-hydrogen) atoms. The topological polar surface area (TPSA) is 203 Å². The van der Waals surface area contributed by atoms with Crippen LogP contribution < -0.4 is 14.2 Å². The van der Waals surface area contributed by atoms with Gasteiger partial charge in [-0.25, -0.2) is 9.59 Å². The normalized spacial score (nSPS) is 32.2. The molecular formula is C45H56O15. The van der Waals surface area contributed by atoms with Crippen molar-refractivity contribution >= 4 is 23.5 Å². The highest BCUT2D eigenvalue weighted by molar-refractivity contribution is 5.96. The molecular weight excluding hydrogens is 780 g/mol. The molecule has 0 bridgehead atoms. The van der Waals surface area contributed by atoms with Gasteiger partial charge in [0, 0.05) is 32.1 Å². The Bertz CT molecular complexity index is 1990. The maximum absolute atomic E-state index is 13.2. The molecule has 2 aromatic rings. The highest BCUT2D eigenvalue weighted by Crippen LogP contribution is 2.55. The maximum Gasteiger partial charge on any atom is 0.342 e. The first-order valence-corrected chi connectivity index (χ1v) is 20.3. The molecule has 3 N–H and O–H groups in total. The van der Waals surface area contributed by atoms with Gasteiger partial charge >= 0.3 is 11.9 Å². The van der Waals surface area contributed by atoms with Crippen LogP contribution in [0.1, 0.15) is 110 Å². The summed E-state index contributed by atoms with van der Waals surface area (Å²) in [4.78, 5) is 50.7. The van der Waals surface area contributed by atoms with E-state index in [0.717, 1.165) is 12.0 Å². The lowest BCUT2D eigenvalue weighted by Crippen LogP contribution is -2.33. The van der Waals surface area contributed by atoms with Crippen LogP contribution in [0.2, 0.25) is 0 Å². The molecule has 10 atom stereocenters. The number of carbonyl (C=O) groups is 4. The number of methoxy groups -OCH3 is 3. The minimum Gasteiger partial charge on any atom is -0.507 e. The van der Waals surface area contributed by atoms with E-state index in [1.54, 1.807) is 39.2 Å². The summed E-state index contributed by atoms with van der Waals surface area (Å²) in [5.74, 6) is -1.29. The summed E-state index contributed by atoms with van der Waals surface area (Å²) in [6.07, 6.45) is 4.32. The van der Waals surface area contributed by atoms with Crippen molar-refractivity contribution in [2.45, 2.75) is 120 Å². The van der Waals surface area contributed by atoms with E-state index in [2.05, 4.69) is 0 Å². The number of aromatic hydroxyl groups is 1. The molecule has 3 aliphatic heterocycles. The summed E-state index contributed by atoms with van der Waals surface area (Å²) in [5, 5.41) is 30.6. The quantitative estimate of drug-likeness (QED) is 0.253. The average Bonchev–Trinajstić information content (AvgIpc) is 4.12. The van der Waals surface area contributed by atoms with Gasteiger partial charge in [-0.3, -0.25) is 9.59 Å². The predicted octanol–water partition coefficient (Wildman–Crippen LogP) is 5.46. The van der Waals surface area contributed by atoms with E-state index in [-0.39, 0.29) is 66.5 Å². The molecule has 2 aromatic carbocycles. The van der Waals surface area contributed by atoms with Crippen molar-refractivity contribution in [3.8, 4) is 23.0 Å². The fourth-order valence-electron chi connectivity index (χ4n) is 8.21. The van der Waals surface area contributed by atoms with Gasteiger partial charge in [-0.2, -0.15) is 0 Å². The van der Waals surface area contributed by atoms with Gasteiger partial charge in [-0.05, 0) is 112 Å². The fraction of sp³-hybridized carbons (Fsp3) is 0.556. The zero-order valence-electron chi connectivity index (χ0n) is 35.1. The first kappa shape index (κ1) is 44.7. The Hall–Kier alpha value is -4.80. The van der Waals surface area contributed by atoms with E-state index in [9.17, 15) is 34.5 Å². The Balaban J connectivity index is 0.000000205. The van der Waals surface area contributed by atoms with Crippen LogP contribution >= 0.6 is 0 Å². The second-order valence-electron chi connectivity index (χ2n) is 16.5. The highest BCUT2D eigenvalue weighted by Gasteiger charge is 2.50. The molecule has 0 spiro atoms. The van der Waals surface area contributed by atoms with Crippen molar-refractivity contribution in [1.29, 1.82) is 0 Å². The zero-order chi connectivity index (χ0) is 43.5. The zero-order valence-corrected chi connectivity index (χ0v) is 35.1. The minimum absolute atomic E-state index is 0.00853. The average molecular weight is 837 g/mol. The van der Waals surface area contributed by atoms with E-state index in [0.29, 0.717) is 47.6 Å². The third-order valence-electron chi connectivity index (χ3n) is 11.4. The molecule has 2 aliphatic carbocycles. The first-order chi connectivity index (χ1) is 28.5. The van der Waals surface area contributed by atoms with Gasteiger partial charge < -0.3 is 53.2 Å². The molecule has 3 heterocycles. The van der Waals surface area contributed by atoms with Crippen LogP contribution in [0.25, 0.3) is 0 Å².